The van der Waals surface area contributed by atoms with Gasteiger partial charge in [-0.2, -0.15) is 0 Å². The Morgan fingerprint density at radius 2 is 2.00 bits per heavy atom. The summed E-state index contributed by atoms with van der Waals surface area (Å²) in [4.78, 5) is 22.9. The zero-order valence-corrected chi connectivity index (χ0v) is 9.07. The number of rotatable bonds is 4. The zero-order valence-electron chi connectivity index (χ0n) is 8.25. The van der Waals surface area contributed by atoms with Crippen molar-refractivity contribution in [3.8, 4) is 5.75 Å². The number of hydrogen-bond donors (Lipinski definition) is 0. The lowest BCUT2D eigenvalue weighted by Crippen LogP contribution is -2.02. The van der Waals surface area contributed by atoms with Crippen molar-refractivity contribution in [1.82, 2.24) is 0 Å². The maximum Gasteiger partial charge on any atom is 0.298 e. The second kappa shape index (κ2) is 4.72. The summed E-state index contributed by atoms with van der Waals surface area (Å²) in [6.07, 6.45) is 0. The summed E-state index contributed by atoms with van der Waals surface area (Å²) in [5.74, 6) is 0.156. The van der Waals surface area contributed by atoms with Gasteiger partial charge in [0.15, 0.2) is 0 Å². The van der Waals surface area contributed by atoms with Crippen LogP contribution in [0.3, 0.4) is 0 Å². The quantitative estimate of drug-likeness (QED) is 0.601. The molecule has 4 heteroatoms. The summed E-state index contributed by atoms with van der Waals surface area (Å²) in [6.45, 7) is 0.320. The van der Waals surface area contributed by atoms with Crippen molar-refractivity contribution in [1.29, 1.82) is 0 Å². The van der Waals surface area contributed by atoms with Crippen LogP contribution in [-0.4, -0.2) is 12.3 Å². The van der Waals surface area contributed by atoms with Gasteiger partial charge in [0.1, 0.15) is 5.75 Å². The molecule has 0 aliphatic heterocycles. The van der Waals surface area contributed by atoms with Crippen LogP contribution in [0.2, 0.25) is 0 Å². The number of ketones is 1. The smallest absolute Gasteiger partial charge is 0.298 e. The van der Waals surface area contributed by atoms with E-state index in [1.165, 1.54) is 11.3 Å². The largest absolute Gasteiger partial charge is 0.428 e. The Hall–Kier alpha value is -1.94. The summed E-state index contributed by atoms with van der Waals surface area (Å²) in [5, 5.41) is 1.83. The van der Waals surface area contributed by atoms with Gasteiger partial charge in [-0.1, -0.05) is 18.2 Å². The first-order valence-electron chi connectivity index (χ1n) is 4.60. The van der Waals surface area contributed by atoms with Crippen LogP contribution in [-0.2, 0) is 4.79 Å². The maximum atomic E-state index is 12.0. The van der Waals surface area contributed by atoms with Crippen molar-refractivity contribution >= 4 is 23.6 Å². The minimum atomic E-state index is -0.132. The lowest BCUT2D eigenvalue weighted by Gasteiger charge is -2.04. The molecule has 0 atom stereocenters. The van der Waals surface area contributed by atoms with Crippen molar-refractivity contribution in [3.05, 3.63) is 52.2 Å². The van der Waals surface area contributed by atoms with E-state index in [1.807, 2.05) is 5.38 Å². The summed E-state index contributed by atoms with van der Waals surface area (Å²) >= 11 is 1.36. The molecule has 1 aromatic heterocycles. The molecule has 3 nitrogen and oxygen atoms in total. The summed E-state index contributed by atoms with van der Waals surface area (Å²) in [6, 6.07) is 10.2. The molecule has 2 aromatic rings. The van der Waals surface area contributed by atoms with Crippen molar-refractivity contribution in [2.45, 2.75) is 0 Å². The molecule has 0 saturated carbocycles. The molecular weight excluding hydrogens is 224 g/mol. The zero-order chi connectivity index (χ0) is 11.4. The van der Waals surface area contributed by atoms with E-state index in [2.05, 4.69) is 0 Å². The van der Waals surface area contributed by atoms with E-state index in [1.54, 1.807) is 36.4 Å². The third kappa shape index (κ3) is 2.01. The first kappa shape index (κ1) is 10.6. The van der Waals surface area contributed by atoms with Gasteiger partial charge in [0.25, 0.3) is 6.47 Å². The molecule has 1 heterocycles. The predicted molar refractivity (Wildman–Crippen MR) is 60.9 cm³/mol. The highest BCUT2D eigenvalue weighted by Gasteiger charge is 2.14. The molecule has 0 radical (unpaired) electrons. The van der Waals surface area contributed by atoms with Gasteiger partial charge in [-0.05, 0) is 23.6 Å². The van der Waals surface area contributed by atoms with Gasteiger partial charge >= 0.3 is 0 Å². The predicted octanol–water partition coefficient (Wildman–Crippen LogP) is 2.51. The number of benzene rings is 1. The standard InChI is InChI=1S/C12H8O3S/c13-8-15-10-5-2-1-4-9(10)12(14)11-6-3-7-16-11/h1-8H. The van der Waals surface area contributed by atoms with E-state index in [0.717, 1.165) is 0 Å². The maximum absolute atomic E-state index is 12.0. The number of carbonyl (C=O) groups excluding carboxylic acids is 2. The number of carbonyl (C=O) groups is 2. The van der Waals surface area contributed by atoms with Gasteiger partial charge in [0.2, 0.25) is 5.78 Å². The first-order chi connectivity index (χ1) is 7.83. The molecular formula is C12H8O3S. The summed E-state index contributed by atoms with van der Waals surface area (Å²) in [7, 11) is 0. The third-order valence-corrected chi connectivity index (χ3v) is 2.92. The number of para-hydroxylation sites is 1. The Morgan fingerprint density at radius 1 is 1.19 bits per heavy atom. The Bertz CT molecular complexity index is 503. The van der Waals surface area contributed by atoms with Gasteiger partial charge in [-0.3, -0.25) is 9.59 Å². The lowest BCUT2D eigenvalue weighted by atomic mass is 10.1. The Kier molecular flexibility index (Phi) is 3.12. The topological polar surface area (TPSA) is 43.4 Å². The van der Waals surface area contributed by atoms with Crippen LogP contribution < -0.4 is 4.74 Å². The lowest BCUT2D eigenvalue weighted by molar-refractivity contribution is -0.120. The molecule has 0 saturated heterocycles. The van der Waals surface area contributed by atoms with Crippen LogP contribution in [0, 0.1) is 0 Å². The fourth-order valence-electron chi connectivity index (χ4n) is 1.35. The molecule has 0 amide bonds. The van der Waals surface area contributed by atoms with Crippen LogP contribution in [0.4, 0.5) is 0 Å². The minimum absolute atomic E-state index is 0.132. The van der Waals surface area contributed by atoms with Gasteiger partial charge in [-0.25, -0.2) is 0 Å². The van der Waals surface area contributed by atoms with Crippen molar-refractivity contribution in [2.24, 2.45) is 0 Å². The van der Waals surface area contributed by atoms with Crippen LogP contribution in [0.25, 0.3) is 0 Å². The molecule has 0 unspecified atom stereocenters. The van der Waals surface area contributed by atoms with E-state index < -0.39 is 0 Å². The average molecular weight is 232 g/mol. The number of thiophene rings is 1. The molecule has 0 aliphatic rings. The monoisotopic (exact) mass is 232 g/mol. The molecule has 0 bridgehead atoms. The highest BCUT2D eigenvalue weighted by atomic mass is 32.1. The van der Waals surface area contributed by atoms with Crippen molar-refractivity contribution < 1.29 is 14.3 Å². The molecule has 0 aliphatic carbocycles. The highest BCUT2D eigenvalue weighted by Crippen LogP contribution is 2.23. The van der Waals surface area contributed by atoms with Crippen molar-refractivity contribution in [2.75, 3.05) is 0 Å². The van der Waals surface area contributed by atoms with Gasteiger partial charge < -0.3 is 4.74 Å². The second-order valence-corrected chi connectivity index (χ2v) is 3.96. The van der Waals surface area contributed by atoms with E-state index in [4.69, 9.17) is 4.74 Å². The molecule has 80 valence electrons. The van der Waals surface area contributed by atoms with Gasteiger partial charge in [0, 0.05) is 0 Å². The highest BCUT2D eigenvalue weighted by molar-refractivity contribution is 7.12. The van der Waals surface area contributed by atoms with E-state index in [9.17, 15) is 9.59 Å². The van der Waals surface area contributed by atoms with Crippen LogP contribution in [0.15, 0.2) is 41.8 Å². The number of ether oxygens (including phenoxy) is 1. The Balaban J connectivity index is 2.40. The van der Waals surface area contributed by atoms with Gasteiger partial charge in [-0.15, -0.1) is 11.3 Å². The van der Waals surface area contributed by atoms with E-state index >= 15 is 0 Å². The molecule has 0 fully saturated rings. The molecule has 0 spiro atoms. The summed E-state index contributed by atoms with van der Waals surface area (Å²) < 4.78 is 4.76. The van der Waals surface area contributed by atoms with Crippen molar-refractivity contribution in [3.63, 3.8) is 0 Å². The van der Waals surface area contributed by atoms with E-state index in [0.29, 0.717) is 16.9 Å². The van der Waals surface area contributed by atoms with E-state index in [-0.39, 0.29) is 11.5 Å². The first-order valence-corrected chi connectivity index (χ1v) is 5.48. The summed E-state index contributed by atoms with van der Waals surface area (Å²) in [5.41, 5.74) is 0.400. The number of hydrogen-bond acceptors (Lipinski definition) is 4. The van der Waals surface area contributed by atoms with Crippen LogP contribution >= 0.6 is 11.3 Å². The van der Waals surface area contributed by atoms with Gasteiger partial charge in [0.05, 0.1) is 10.4 Å². The average Bonchev–Trinajstić information content (AvgIpc) is 2.83. The minimum Gasteiger partial charge on any atom is -0.428 e. The Morgan fingerprint density at radius 3 is 2.69 bits per heavy atom. The van der Waals surface area contributed by atoms with Crippen LogP contribution in [0.5, 0.6) is 5.75 Å². The molecule has 1 aromatic carbocycles. The Labute approximate surface area is 96.3 Å². The van der Waals surface area contributed by atoms with Crippen LogP contribution in [0.1, 0.15) is 15.2 Å². The second-order valence-electron chi connectivity index (χ2n) is 3.02. The molecule has 16 heavy (non-hydrogen) atoms. The SMILES string of the molecule is O=COc1ccccc1C(=O)c1cccs1. The molecule has 2 rings (SSSR count). The molecule has 0 N–H and O–H groups in total. The fraction of sp³-hybridized carbons (Fsp3) is 0. The third-order valence-electron chi connectivity index (χ3n) is 2.05. The normalized spacial score (nSPS) is 9.75. The fourth-order valence-corrected chi connectivity index (χ4v) is 2.03.